The SMILES string of the molecule is O=C(OCc1nnc(-c2ccccc2)o1)c1c2c(nc3ccccc13)CCC2. The van der Waals surface area contributed by atoms with Crippen LogP contribution in [0.25, 0.3) is 22.4 Å². The lowest BCUT2D eigenvalue weighted by Crippen LogP contribution is -2.10. The average molecular weight is 371 g/mol. The van der Waals surface area contributed by atoms with Gasteiger partial charge < -0.3 is 9.15 Å². The number of carbonyl (C=O) groups excluding carboxylic acids is 1. The maximum atomic E-state index is 12.9. The van der Waals surface area contributed by atoms with Gasteiger partial charge in [-0.2, -0.15) is 0 Å². The van der Waals surface area contributed by atoms with Crippen molar-refractivity contribution in [2.75, 3.05) is 0 Å². The molecule has 1 aliphatic rings. The van der Waals surface area contributed by atoms with Gasteiger partial charge in [-0.25, -0.2) is 4.79 Å². The number of hydrogen-bond donors (Lipinski definition) is 0. The van der Waals surface area contributed by atoms with Crippen molar-refractivity contribution in [1.29, 1.82) is 0 Å². The van der Waals surface area contributed by atoms with Crippen LogP contribution in [-0.4, -0.2) is 21.2 Å². The van der Waals surface area contributed by atoms with Crippen LogP contribution in [0.1, 0.15) is 33.9 Å². The molecule has 0 N–H and O–H groups in total. The molecule has 2 heterocycles. The summed E-state index contributed by atoms with van der Waals surface area (Å²) in [5, 5.41) is 8.84. The van der Waals surface area contributed by atoms with E-state index in [-0.39, 0.29) is 18.5 Å². The summed E-state index contributed by atoms with van der Waals surface area (Å²) in [6, 6.07) is 17.2. The number of aromatic nitrogens is 3. The second kappa shape index (κ2) is 6.88. The predicted molar refractivity (Wildman–Crippen MR) is 103 cm³/mol. The predicted octanol–water partition coefficient (Wildman–Crippen LogP) is 4.13. The molecule has 6 nitrogen and oxygen atoms in total. The monoisotopic (exact) mass is 371 g/mol. The number of aryl methyl sites for hydroxylation is 1. The van der Waals surface area contributed by atoms with Crippen molar-refractivity contribution in [2.24, 2.45) is 0 Å². The Hall–Kier alpha value is -3.54. The molecule has 138 valence electrons. The molecule has 4 aromatic rings. The Morgan fingerprint density at radius 2 is 1.82 bits per heavy atom. The van der Waals surface area contributed by atoms with Crippen molar-refractivity contribution >= 4 is 16.9 Å². The maximum absolute atomic E-state index is 12.9. The Morgan fingerprint density at radius 1 is 1.00 bits per heavy atom. The molecule has 0 unspecified atom stereocenters. The Morgan fingerprint density at radius 3 is 2.71 bits per heavy atom. The number of nitrogens with zero attached hydrogens (tertiary/aromatic N) is 3. The van der Waals surface area contributed by atoms with Crippen molar-refractivity contribution in [3.8, 4) is 11.5 Å². The summed E-state index contributed by atoms with van der Waals surface area (Å²) >= 11 is 0. The molecule has 0 atom stereocenters. The standard InChI is InChI=1S/C22H17N3O3/c26-22(27-13-19-24-25-21(28-19)14-7-2-1-3-8-14)20-15-9-4-5-11-17(15)23-18-12-6-10-16(18)20/h1-5,7-9,11H,6,10,12-13H2. The molecular formula is C22H17N3O3. The summed E-state index contributed by atoms with van der Waals surface area (Å²) in [6.07, 6.45) is 2.74. The summed E-state index contributed by atoms with van der Waals surface area (Å²) in [5.41, 5.74) is 4.25. The Labute approximate surface area is 161 Å². The van der Waals surface area contributed by atoms with E-state index < -0.39 is 0 Å². The van der Waals surface area contributed by atoms with Crippen LogP contribution in [0.5, 0.6) is 0 Å². The van der Waals surface area contributed by atoms with Gasteiger partial charge in [-0.1, -0.05) is 36.4 Å². The quantitative estimate of drug-likeness (QED) is 0.502. The highest BCUT2D eigenvalue weighted by atomic mass is 16.5. The average Bonchev–Trinajstić information content (AvgIpc) is 3.40. The number of esters is 1. The van der Waals surface area contributed by atoms with Crippen LogP contribution in [0.2, 0.25) is 0 Å². The number of hydrogen-bond acceptors (Lipinski definition) is 6. The minimum Gasteiger partial charge on any atom is -0.452 e. The maximum Gasteiger partial charge on any atom is 0.339 e. The second-order valence-corrected chi connectivity index (χ2v) is 6.73. The van der Waals surface area contributed by atoms with Gasteiger partial charge in [-0.05, 0) is 43.0 Å². The van der Waals surface area contributed by atoms with Crippen LogP contribution in [0.15, 0.2) is 59.0 Å². The Bertz CT molecular complexity index is 1170. The van der Waals surface area contributed by atoms with E-state index in [1.165, 1.54) is 0 Å². The van der Waals surface area contributed by atoms with Crippen LogP contribution < -0.4 is 0 Å². The molecule has 0 spiro atoms. The first-order valence-electron chi connectivity index (χ1n) is 9.25. The summed E-state index contributed by atoms with van der Waals surface area (Å²) < 4.78 is 11.2. The number of benzene rings is 2. The highest BCUT2D eigenvalue weighted by Crippen LogP contribution is 2.30. The largest absolute Gasteiger partial charge is 0.452 e. The summed E-state index contributed by atoms with van der Waals surface area (Å²) in [4.78, 5) is 17.6. The van der Waals surface area contributed by atoms with E-state index in [9.17, 15) is 4.79 Å². The van der Waals surface area contributed by atoms with Crippen molar-refractivity contribution in [2.45, 2.75) is 25.9 Å². The fraction of sp³-hybridized carbons (Fsp3) is 0.182. The van der Waals surface area contributed by atoms with Crippen molar-refractivity contribution in [1.82, 2.24) is 15.2 Å². The second-order valence-electron chi connectivity index (χ2n) is 6.73. The van der Waals surface area contributed by atoms with Gasteiger partial charge in [-0.3, -0.25) is 4.98 Å². The minimum absolute atomic E-state index is 0.0654. The first kappa shape index (κ1) is 16.6. The van der Waals surface area contributed by atoms with E-state index in [1.807, 2.05) is 54.6 Å². The summed E-state index contributed by atoms with van der Waals surface area (Å²) in [6.45, 7) is -0.0654. The molecule has 6 heteroatoms. The molecule has 2 aromatic carbocycles. The lowest BCUT2D eigenvalue weighted by Gasteiger charge is -2.11. The van der Waals surface area contributed by atoms with E-state index in [4.69, 9.17) is 14.1 Å². The van der Waals surface area contributed by atoms with Crippen molar-refractivity contribution in [3.05, 3.63) is 77.3 Å². The molecule has 28 heavy (non-hydrogen) atoms. The fourth-order valence-corrected chi connectivity index (χ4v) is 3.65. The number of fused-ring (bicyclic) bond motifs is 2. The molecular weight excluding hydrogens is 354 g/mol. The smallest absolute Gasteiger partial charge is 0.339 e. The third kappa shape index (κ3) is 2.93. The number of ether oxygens (including phenoxy) is 1. The molecule has 0 amide bonds. The number of carbonyl (C=O) groups is 1. The molecule has 5 rings (SSSR count). The van der Waals surface area contributed by atoms with Crippen LogP contribution in [-0.2, 0) is 24.2 Å². The van der Waals surface area contributed by atoms with Gasteiger partial charge in [0.1, 0.15) is 0 Å². The van der Waals surface area contributed by atoms with E-state index in [1.54, 1.807) is 0 Å². The van der Waals surface area contributed by atoms with Crippen molar-refractivity contribution in [3.63, 3.8) is 0 Å². The molecule has 2 aromatic heterocycles. The number of pyridine rings is 1. The van der Waals surface area contributed by atoms with Gasteiger partial charge in [0.25, 0.3) is 5.89 Å². The molecule has 0 aliphatic heterocycles. The molecule has 0 saturated heterocycles. The summed E-state index contributed by atoms with van der Waals surface area (Å²) in [7, 11) is 0. The van der Waals surface area contributed by atoms with E-state index in [2.05, 4.69) is 10.2 Å². The van der Waals surface area contributed by atoms with Gasteiger partial charge in [-0.15, -0.1) is 10.2 Å². The van der Waals surface area contributed by atoms with Gasteiger partial charge in [0.2, 0.25) is 5.89 Å². The third-order valence-corrected chi connectivity index (χ3v) is 4.94. The van der Waals surface area contributed by atoms with E-state index in [0.29, 0.717) is 11.5 Å². The van der Waals surface area contributed by atoms with E-state index in [0.717, 1.165) is 47.0 Å². The molecule has 0 radical (unpaired) electrons. The number of rotatable bonds is 4. The Kier molecular flexibility index (Phi) is 4.09. The zero-order valence-electron chi connectivity index (χ0n) is 15.1. The zero-order chi connectivity index (χ0) is 18.9. The van der Waals surface area contributed by atoms with Gasteiger partial charge >= 0.3 is 5.97 Å². The number of para-hydroxylation sites is 1. The van der Waals surface area contributed by atoms with Crippen LogP contribution in [0.4, 0.5) is 0 Å². The lowest BCUT2D eigenvalue weighted by molar-refractivity contribution is 0.0440. The molecule has 1 aliphatic carbocycles. The zero-order valence-corrected chi connectivity index (χ0v) is 15.1. The topological polar surface area (TPSA) is 78.1 Å². The first-order valence-corrected chi connectivity index (χ1v) is 9.25. The van der Waals surface area contributed by atoms with Crippen LogP contribution in [0, 0.1) is 0 Å². The molecule has 0 bridgehead atoms. The molecule has 0 fully saturated rings. The lowest BCUT2D eigenvalue weighted by atomic mass is 10.0. The minimum atomic E-state index is -0.379. The van der Waals surface area contributed by atoms with Crippen LogP contribution in [0.3, 0.4) is 0 Å². The van der Waals surface area contributed by atoms with Crippen molar-refractivity contribution < 1.29 is 13.9 Å². The first-order chi connectivity index (χ1) is 13.8. The van der Waals surface area contributed by atoms with Crippen LogP contribution >= 0.6 is 0 Å². The third-order valence-electron chi connectivity index (χ3n) is 4.94. The highest BCUT2D eigenvalue weighted by Gasteiger charge is 2.25. The highest BCUT2D eigenvalue weighted by molar-refractivity contribution is 6.05. The van der Waals surface area contributed by atoms with E-state index >= 15 is 0 Å². The fourth-order valence-electron chi connectivity index (χ4n) is 3.65. The van der Waals surface area contributed by atoms with Gasteiger partial charge in [0.15, 0.2) is 6.61 Å². The normalized spacial score (nSPS) is 12.9. The molecule has 0 saturated carbocycles. The van der Waals surface area contributed by atoms with Gasteiger partial charge in [0, 0.05) is 16.6 Å². The summed E-state index contributed by atoms with van der Waals surface area (Å²) in [5.74, 6) is 0.292. The Balaban J connectivity index is 1.41. The van der Waals surface area contributed by atoms with Gasteiger partial charge in [0.05, 0.1) is 11.1 Å².